The SMILES string of the molecule is O=C(Cl)C(Oc1ccc([N+](=O)[O-])cc1)[N+](=O)[O-]. The number of benzene rings is 1. The Bertz CT molecular complexity index is 446. The van der Waals surface area contributed by atoms with Crippen LogP contribution in [-0.2, 0) is 4.79 Å². The van der Waals surface area contributed by atoms with Crippen molar-refractivity contribution in [3.8, 4) is 5.75 Å². The predicted octanol–water partition coefficient (Wildman–Crippen LogP) is 1.34. The van der Waals surface area contributed by atoms with E-state index in [9.17, 15) is 25.0 Å². The molecule has 0 spiro atoms. The smallest absolute Gasteiger partial charge is 0.423 e. The van der Waals surface area contributed by atoms with Crippen LogP contribution in [0.5, 0.6) is 5.75 Å². The highest BCUT2D eigenvalue weighted by Crippen LogP contribution is 2.19. The molecule has 0 radical (unpaired) electrons. The van der Waals surface area contributed by atoms with Gasteiger partial charge in [-0.25, -0.2) is 0 Å². The van der Waals surface area contributed by atoms with Crippen LogP contribution in [0.1, 0.15) is 0 Å². The zero-order valence-corrected chi connectivity index (χ0v) is 8.86. The molecule has 0 saturated heterocycles. The highest BCUT2D eigenvalue weighted by atomic mass is 35.5. The summed E-state index contributed by atoms with van der Waals surface area (Å²) in [5, 5.41) is 19.4. The van der Waals surface area contributed by atoms with E-state index in [1.54, 1.807) is 0 Å². The quantitative estimate of drug-likeness (QED) is 0.342. The van der Waals surface area contributed by atoms with Gasteiger partial charge in [0.2, 0.25) is 0 Å². The third-order valence-electron chi connectivity index (χ3n) is 1.68. The van der Waals surface area contributed by atoms with E-state index >= 15 is 0 Å². The van der Waals surface area contributed by atoms with Crippen LogP contribution in [0, 0.1) is 20.2 Å². The average molecular weight is 261 g/mol. The van der Waals surface area contributed by atoms with Crippen LogP contribution in [0.3, 0.4) is 0 Å². The fourth-order valence-electron chi connectivity index (χ4n) is 0.948. The van der Waals surface area contributed by atoms with Crippen LogP contribution in [0.4, 0.5) is 5.69 Å². The van der Waals surface area contributed by atoms with Gasteiger partial charge in [-0.05, 0) is 23.7 Å². The van der Waals surface area contributed by atoms with Gasteiger partial charge in [-0.1, -0.05) is 0 Å². The van der Waals surface area contributed by atoms with Gasteiger partial charge in [0.1, 0.15) is 5.75 Å². The van der Waals surface area contributed by atoms with E-state index < -0.39 is 21.3 Å². The van der Waals surface area contributed by atoms with Crippen molar-refractivity contribution in [2.45, 2.75) is 6.23 Å². The fraction of sp³-hybridized carbons (Fsp3) is 0.125. The van der Waals surface area contributed by atoms with Crippen molar-refractivity contribution in [3.63, 3.8) is 0 Å². The normalized spacial score (nSPS) is 11.6. The van der Waals surface area contributed by atoms with Gasteiger partial charge in [0.15, 0.2) is 0 Å². The predicted molar refractivity (Wildman–Crippen MR) is 55.4 cm³/mol. The van der Waals surface area contributed by atoms with Crippen molar-refractivity contribution in [1.29, 1.82) is 0 Å². The lowest BCUT2D eigenvalue weighted by Gasteiger charge is -2.07. The lowest BCUT2D eigenvalue weighted by Crippen LogP contribution is -2.32. The Hall–Kier alpha value is -2.22. The summed E-state index contributed by atoms with van der Waals surface area (Å²) in [6.45, 7) is 0. The molecular weight excluding hydrogens is 256 g/mol. The molecule has 1 aromatic carbocycles. The second-order valence-electron chi connectivity index (χ2n) is 2.81. The number of carbonyl (C=O) groups excluding carboxylic acids is 1. The molecule has 0 fully saturated rings. The summed E-state index contributed by atoms with van der Waals surface area (Å²) in [7, 11) is 0. The Kier molecular flexibility index (Phi) is 3.94. The molecule has 0 aliphatic heterocycles. The third-order valence-corrected chi connectivity index (χ3v) is 1.87. The molecule has 9 heteroatoms. The van der Waals surface area contributed by atoms with Gasteiger partial charge in [0, 0.05) is 12.1 Å². The average Bonchev–Trinajstić information content (AvgIpc) is 2.25. The Labute approximate surface area is 99.0 Å². The van der Waals surface area contributed by atoms with Crippen LogP contribution in [0.25, 0.3) is 0 Å². The Morgan fingerprint density at radius 2 is 1.76 bits per heavy atom. The minimum Gasteiger partial charge on any atom is -0.423 e. The van der Waals surface area contributed by atoms with Crippen molar-refractivity contribution in [2.75, 3.05) is 0 Å². The summed E-state index contributed by atoms with van der Waals surface area (Å²) in [4.78, 5) is 29.7. The van der Waals surface area contributed by atoms with Crippen molar-refractivity contribution in [1.82, 2.24) is 0 Å². The van der Waals surface area contributed by atoms with Crippen LogP contribution in [0.15, 0.2) is 24.3 Å². The molecule has 90 valence electrons. The number of hydrogen-bond acceptors (Lipinski definition) is 6. The number of non-ortho nitro benzene ring substituents is 1. The van der Waals surface area contributed by atoms with Gasteiger partial charge in [-0.15, -0.1) is 0 Å². The van der Waals surface area contributed by atoms with E-state index in [-0.39, 0.29) is 11.4 Å². The number of carbonyl (C=O) groups is 1. The fourth-order valence-corrected chi connectivity index (χ4v) is 1.07. The summed E-state index contributed by atoms with van der Waals surface area (Å²) in [5.74, 6) is -0.0636. The molecule has 0 amide bonds. The number of nitro benzene ring substituents is 1. The van der Waals surface area contributed by atoms with Gasteiger partial charge in [0.05, 0.1) is 9.85 Å². The van der Waals surface area contributed by atoms with Crippen molar-refractivity contribution in [3.05, 3.63) is 44.5 Å². The maximum Gasteiger partial charge on any atom is 0.428 e. The van der Waals surface area contributed by atoms with E-state index in [1.165, 1.54) is 0 Å². The Morgan fingerprint density at radius 3 is 2.12 bits per heavy atom. The van der Waals surface area contributed by atoms with Crippen LogP contribution < -0.4 is 4.74 Å². The van der Waals surface area contributed by atoms with Gasteiger partial charge in [-0.3, -0.25) is 25.0 Å². The Morgan fingerprint density at radius 1 is 1.24 bits per heavy atom. The van der Waals surface area contributed by atoms with E-state index in [1.807, 2.05) is 0 Å². The minimum absolute atomic E-state index is 0.0636. The molecule has 1 aromatic rings. The van der Waals surface area contributed by atoms with Gasteiger partial charge < -0.3 is 4.74 Å². The number of hydrogen-bond donors (Lipinski definition) is 0. The zero-order valence-electron chi connectivity index (χ0n) is 8.11. The molecule has 0 N–H and O–H groups in total. The first-order valence-corrected chi connectivity index (χ1v) is 4.53. The molecule has 0 aromatic heterocycles. The first-order chi connectivity index (χ1) is 7.91. The Balaban J connectivity index is 2.84. The monoisotopic (exact) mass is 260 g/mol. The molecule has 0 heterocycles. The maximum atomic E-state index is 10.7. The van der Waals surface area contributed by atoms with Crippen LogP contribution in [0.2, 0.25) is 0 Å². The molecule has 1 atom stereocenters. The topological polar surface area (TPSA) is 113 Å². The number of nitro groups is 2. The summed E-state index contributed by atoms with van der Waals surface area (Å²) < 4.78 is 4.67. The summed E-state index contributed by atoms with van der Waals surface area (Å²) in [6.07, 6.45) is -2.03. The highest BCUT2D eigenvalue weighted by molar-refractivity contribution is 6.64. The van der Waals surface area contributed by atoms with E-state index in [0.717, 1.165) is 24.3 Å². The summed E-state index contributed by atoms with van der Waals surface area (Å²) in [5.41, 5.74) is -0.202. The lowest BCUT2D eigenvalue weighted by atomic mass is 10.3. The molecule has 0 aliphatic rings. The zero-order chi connectivity index (χ0) is 13.0. The van der Waals surface area contributed by atoms with Crippen LogP contribution >= 0.6 is 11.6 Å². The highest BCUT2D eigenvalue weighted by Gasteiger charge is 2.30. The second-order valence-corrected chi connectivity index (χ2v) is 3.18. The van der Waals surface area contributed by atoms with E-state index in [0.29, 0.717) is 0 Å². The molecule has 1 rings (SSSR count). The lowest BCUT2D eigenvalue weighted by molar-refractivity contribution is -0.544. The molecule has 0 bridgehead atoms. The maximum absolute atomic E-state index is 10.7. The molecule has 0 saturated carbocycles. The van der Waals surface area contributed by atoms with Crippen molar-refractivity contribution >= 4 is 22.5 Å². The number of ether oxygens (including phenoxy) is 1. The number of nitrogens with zero attached hydrogens (tertiary/aromatic N) is 2. The third kappa shape index (κ3) is 3.38. The standard InChI is InChI=1S/C8H5ClN2O6/c9-7(12)8(11(15)16)17-6-3-1-5(2-4-6)10(13)14/h1-4,8H. The second kappa shape index (κ2) is 5.21. The van der Waals surface area contributed by atoms with Crippen molar-refractivity contribution < 1.29 is 19.4 Å². The molecule has 0 aliphatic carbocycles. The minimum atomic E-state index is -2.03. The molecule has 8 nitrogen and oxygen atoms in total. The largest absolute Gasteiger partial charge is 0.428 e. The summed E-state index contributed by atoms with van der Waals surface area (Å²) >= 11 is 4.96. The van der Waals surface area contributed by atoms with Crippen LogP contribution in [-0.4, -0.2) is 21.3 Å². The number of halogens is 1. The first kappa shape index (κ1) is 12.8. The van der Waals surface area contributed by atoms with E-state index in [4.69, 9.17) is 11.6 Å². The molecule has 17 heavy (non-hydrogen) atoms. The first-order valence-electron chi connectivity index (χ1n) is 4.16. The van der Waals surface area contributed by atoms with Gasteiger partial charge in [-0.2, -0.15) is 0 Å². The van der Waals surface area contributed by atoms with Gasteiger partial charge in [0.25, 0.3) is 5.69 Å². The van der Waals surface area contributed by atoms with Gasteiger partial charge >= 0.3 is 11.5 Å². The van der Waals surface area contributed by atoms with E-state index in [2.05, 4.69) is 4.74 Å². The molecule has 1 unspecified atom stereocenters. The molecular formula is C8H5ClN2O6. The summed E-state index contributed by atoms with van der Waals surface area (Å²) in [6, 6.07) is 4.44. The van der Waals surface area contributed by atoms with Crippen molar-refractivity contribution in [2.24, 2.45) is 0 Å². The number of rotatable bonds is 5.